The van der Waals surface area contributed by atoms with Crippen LogP contribution in [0.1, 0.15) is 56.8 Å². The summed E-state index contributed by atoms with van der Waals surface area (Å²) >= 11 is 0. The monoisotopic (exact) mass is 570 g/mol. The van der Waals surface area contributed by atoms with Crippen LogP contribution in [0.4, 0.5) is 4.39 Å². The van der Waals surface area contributed by atoms with Gasteiger partial charge in [-0.05, 0) is 78.9 Å². The summed E-state index contributed by atoms with van der Waals surface area (Å²) in [4.78, 5) is 28.4. The van der Waals surface area contributed by atoms with Crippen molar-refractivity contribution < 1.29 is 28.2 Å². The number of benzene rings is 3. The van der Waals surface area contributed by atoms with Gasteiger partial charge >= 0.3 is 0 Å². The zero-order valence-corrected chi connectivity index (χ0v) is 23.4. The maximum atomic E-state index is 14.5. The van der Waals surface area contributed by atoms with Crippen LogP contribution in [0.5, 0.6) is 23.0 Å². The third-order valence-electron chi connectivity index (χ3n) is 7.59. The van der Waals surface area contributed by atoms with E-state index in [1.54, 1.807) is 24.2 Å². The van der Waals surface area contributed by atoms with Gasteiger partial charge in [-0.2, -0.15) is 5.10 Å². The minimum atomic E-state index is -0.630. The van der Waals surface area contributed by atoms with Crippen LogP contribution >= 0.6 is 0 Å². The van der Waals surface area contributed by atoms with Crippen LogP contribution in [-0.2, 0) is 13.0 Å². The van der Waals surface area contributed by atoms with E-state index in [1.165, 1.54) is 18.2 Å². The summed E-state index contributed by atoms with van der Waals surface area (Å²) < 4.78 is 34.0. The molecule has 216 valence electrons. The molecule has 10 heteroatoms. The molecule has 1 N–H and O–H groups in total. The minimum absolute atomic E-state index is 0.0949. The Labute approximate surface area is 242 Å². The van der Waals surface area contributed by atoms with Crippen LogP contribution in [0.3, 0.4) is 0 Å². The molecule has 3 aromatic carbocycles. The number of methoxy groups -OCH3 is 1. The van der Waals surface area contributed by atoms with E-state index in [4.69, 9.17) is 14.2 Å². The number of ether oxygens (including phenoxy) is 3. The molecule has 7 rings (SSSR count). The zero-order chi connectivity index (χ0) is 29.2. The number of hydrogen-bond acceptors (Lipinski definition) is 6. The number of amides is 2. The predicted molar refractivity (Wildman–Crippen MR) is 153 cm³/mol. The summed E-state index contributed by atoms with van der Waals surface area (Å²) in [6.07, 6.45) is 4.47. The van der Waals surface area contributed by atoms with Gasteiger partial charge in [0.15, 0.2) is 11.5 Å². The minimum Gasteiger partial charge on any atom is -0.493 e. The lowest BCUT2D eigenvalue weighted by Gasteiger charge is -2.38. The maximum absolute atomic E-state index is 14.5. The molecule has 0 spiro atoms. The lowest BCUT2D eigenvalue weighted by atomic mass is 9.87. The van der Waals surface area contributed by atoms with E-state index in [0.29, 0.717) is 54.5 Å². The van der Waals surface area contributed by atoms with Crippen molar-refractivity contribution in [3.05, 3.63) is 101 Å². The largest absolute Gasteiger partial charge is 0.493 e. The second-order valence-electron chi connectivity index (χ2n) is 10.2. The number of nitrogens with zero attached hydrogens (tertiary/aromatic N) is 3. The predicted octanol–water partition coefficient (Wildman–Crippen LogP) is 5.14. The Morgan fingerprint density at radius 2 is 1.98 bits per heavy atom. The molecule has 0 saturated heterocycles. The lowest BCUT2D eigenvalue weighted by Crippen LogP contribution is -2.40. The molecule has 3 aliphatic rings. The molecule has 1 atom stereocenters. The van der Waals surface area contributed by atoms with Crippen molar-refractivity contribution in [2.45, 2.75) is 32.4 Å². The van der Waals surface area contributed by atoms with Crippen LogP contribution in [0, 0.1) is 5.82 Å². The first kappa shape index (κ1) is 27.3. The first-order chi connectivity index (χ1) is 20.4. The highest BCUT2D eigenvalue weighted by Gasteiger charge is 2.34. The third-order valence-corrected chi connectivity index (χ3v) is 7.59. The Kier molecular flexibility index (Phi) is 7.52. The maximum Gasteiger partial charge on any atom is 0.257 e. The molecular weight excluding hydrogens is 539 g/mol. The highest BCUT2D eigenvalue weighted by Crippen LogP contribution is 2.41. The molecule has 0 aliphatic carbocycles. The summed E-state index contributed by atoms with van der Waals surface area (Å²) in [7, 11) is 1.57. The number of rotatable bonds is 3. The normalized spacial score (nSPS) is 16.5. The lowest BCUT2D eigenvalue weighted by molar-refractivity contribution is 0.0694. The number of nitrogens with one attached hydrogen (secondary N) is 1. The summed E-state index contributed by atoms with van der Waals surface area (Å²) in [5.41, 5.74) is 3.28. The number of carbonyl (C=O) groups is 2. The average molecular weight is 571 g/mol. The van der Waals surface area contributed by atoms with Gasteiger partial charge in [0.2, 0.25) is 0 Å². The van der Waals surface area contributed by atoms with E-state index in [0.717, 1.165) is 16.7 Å². The molecule has 8 bridgehead atoms. The Morgan fingerprint density at radius 3 is 2.79 bits per heavy atom. The van der Waals surface area contributed by atoms with Gasteiger partial charge in [-0.1, -0.05) is 12.1 Å². The van der Waals surface area contributed by atoms with Crippen molar-refractivity contribution in [1.29, 1.82) is 0 Å². The van der Waals surface area contributed by atoms with Gasteiger partial charge in [0.05, 0.1) is 37.1 Å². The summed E-state index contributed by atoms with van der Waals surface area (Å²) in [6.45, 7) is 3.69. The SMILES string of the molecule is CCn1cc(C(=O)N2CCc3cc4ccc3C2c2ccc(OC)c(c2)OCCCNC(=O)c2cc(ccc2F)O4)cn1. The topological polar surface area (TPSA) is 94.9 Å². The van der Waals surface area contributed by atoms with Crippen LogP contribution in [0.2, 0.25) is 0 Å². The molecule has 4 aromatic rings. The van der Waals surface area contributed by atoms with E-state index in [1.807, 2.05) is 48.2 Å². The highest BCUT2D eigenvalue weighted by atomic mass is 19.1. The van der Waals surface area contributed by atoms with Gasteiger partial charge in [-0.25, -0.2) is 4.39 Å². The molecular formula is C32H31FN4O5. The molecule has 9 nitrogen and oxygen atoms in total. The van der Waals surface area contributed by atoms with E-state index in [-0.39, 0.29) is 24.6 Å². The van der Waals surface area contributed by atoms with Crippen LogP contribution < -0.4 is 19.5 Å². The smallest absolute Gasteiger partial charge is 0.257 e. The van der Waals surface area contributed by atoms with Crippen LogP contribution in [0.15, 0.2) is 67.0 Å². The quantitative estimate of drug-likeness (QED) is 0.367. The molecule has 3 aliphatic heterocycles. The summed E-state index contributed by atoms with van der Waals surface area (Å²) in [5, 5.41) is 7.05. The fraction of sp³-hybridized carbons (Fsp3) is 0.281. The molecule has 0 fully saturated rings. The molecule has 1 unspecified atom stereocenters. The van der Waals surface area contributed by atoms with Gasteiger partial charge in [-0.3, -0.25) is 14.3 Å². The molecule has 1 aromatic heterocycles. The zero-order valence-electron chi connectivity index (χ0n) is 23.4. The Bertz CT molecular complexity index is 1650. The van der Waals surface area contributed by atoms with Crippen LogP contribution in [0.25, 0.3) is 0 Å². The number of carbonyl (C=O) groups excluding carboxylic acids is 2. The first-order valence-electron chi connectivity index (χ1n) is 14.0. The van der Waals surface area contributed by atoms with Crippen molar-refractivity contribution in [2.75, 3.05) is 26.8 Å². The van der Waals surface area contributed by atoms with Crippen molar-refractivity contribution in [3.8, 4) is 23.0 Å². The van der Waals surface area contributed by atoms with Gasteiger partial charge < -0.3 is 24.4 Å². The number of hydrogen-bond donors (Lipinski definition) is 1. The van der Waals surface area contributed by atoms with Crippen molar-refractivity contribution in [1.82, 2.24) is 20.0 Å². The van der Waals surface area contributed by atoms with E-state index in [2.05, 4.69) is 10.4 Å². The van der Waals surface area contributed by atoms with Gasteiger partial charge in [0.25, 0.3) is 11.8 Å². The second kappa shape index (κ2) is 11.6. The standard InChI is InChI=1S/C32H31FN4O5/c1-3-36-19-22(18-35-36)32(39)37-13-11-20-15-23-6-8-25(20)30(37)21-5-10-28(40-2)29(16-21)41-14-4-12-34-31(38)26-17-24(42-23)7-9-27(26)33/h5-10,15-19,30H,3-4,11-14H2,1-2H3,(H,34,38). The number of fused-ring (bicyclic) bond motifs is 6. The molecule has 0 saturated carbocycles. The second-order valence-corrected chi connectivity index (χ2v) is 10.2. The fourth-order valence-electron chi connectivity index (χ4n) is 5.46. The van der Waals surface area contributed by atoms with Gasteiger partial charge in [0, 0.05) is 25.8 Å². The first-order valence-corrected chi connectivity index (χ1v) is 14.0. The Hall–Kier alpha value is -4.86. The molecule has 4 heterocycles. The molecule has 0 radical (unpaired) electrons. The third kappa shape index (κ3) is 5.27. The van der Waals surface area contributed by atoms with E-state index >= 15 is 0 Å². The van der Waals surface area contributed by atoms with E-state index in [9.17, 15) is 14.0 Å². The number of halogens is 1. The summed E-state index contributed by atoms with van der Waals surface area (Å²) in [5.74, 6) is 0.714. The van der Waals surface area contributed by atoms with Crippen molar-refractivity contribution in [2.24, 2.45) is 0 Å². The molecule has 2 amide bonds. The van der Waals surface area contributed by atoms with Gasteiger partial charge in [-0.15, -0.1) is 0 Å². The fourth-order valence-corrected chi connectivity index (χ4v) is 5.46. The van der Waals surface area contributed by atoms with E-state index < -0.39 is 17.8 Å². The molecule has 42 heavy (non-hydrogen) atoms. The number of aromatic nitrogens is 2. The Morgan fingerprint density at radius 1 is 1.14 bits per heavy atom. The van der Waals surface area contributed by atoms with Crippen molar-refractivity contribution >= 4 is 11.8 Å². The van der Waals surface area contributed by atoms with Crippen molar-refractivity contribution in [3.63, 3.8) is 0 Å². The average Bonchev–Trinajstić information content (AvgIpc) is 3.50. The number of aryl methyl sites for hydroxylation is 1. The highest BCUT2D eigenvalue weighted by molar-refractivity contribution is 5.95. The summed E-state index contributed by atoms with van der Waals surface area (Å²) in [6, 6.07) is 15.1. The Balaban J connectivity index is 1.45. The van der Waals surface area contributed by atoms with Gasteiger partial charge in [0.1, 0.15) is 17.3 Å². The van der Waals surface area contributed by atoms with Crippen LogP contribution in [-0.4, -0.2) is 53.3 Å².